The van der Waals surface area contributed by atoms with Gasteiger partial charge in [0.05, 0.1) is 9.85 Å². The molecule has 0 saturated heterocycles. The van der Waals surface area contributed by atoms with Crippen molar-refractivity contribution in [3.8, 4) is 0 Å². The number of carbonyl (C=O) groups is 1. The Morgan fingerprint density at radius 1 is 1.19 bits per heavy atom. The predicted molar refractivity (Wildman–Crippen MR) is 61.4 cm³/mol. The first-order valence-electron chi connectivity index (χ1n) is 4.99. The minimum Gasteiger partial charge on any atom is -0.478 e. The van der Waals surface area contributed by atoms with Gasteiger partial charge in [0.25, 0.3) is 0 Å². The van der Waals surface area contributed by atoms with E-state index in [2.05, 4.69) is 0 Å². The Kier molecular flexibility index (Phi) is 4.26. The van der Waals surface area contributed by atoms with Gasteiger partial charge < -0.3 is 5.11 Å². The quantitative estimate of drug-likeness (QED) is 0.518. The molecule has 8 nitrogen and oxygen atoms in total. The molecule has 0 spiro atoms. The van der Waals surface area contributed by atoms with E-state index in [1.165, 1.54) is 0 Å². The molecule has 0 aliphatic carbocycles. The van der Waals surface area contributed by atoms with Crippen molar-refractivity contribution in [1.82, 2.24) is 0 Å². The smallest absolute Gasteiger partial charge is 0.423 e. The molecular weight excluding hydrogens is 301 g/mol. The number of halogens is 3. The second kappa shape index (κ2) is 5.56. The number of hydrogen-bond donors (Lipinski definition) is 1. The number of hydrogen-bond acceptors (Lipinski definition) is 5. The Labute approximate surface area is 113 Å². The van der Waals surface area contributed by atoms with Crippen LogP contribution in [0.1, 0.15) is 11.1 Å². The summed E-state index contributed by atoms with van der Waals surface area (Å²) < 4.78 is 38.3. The molecule has 0 aliphatic heterocycles. The Morgan fingerprint density at radius 3 is 2.14 bits per heavy atom. The Bertz CT molecular complexity index is 653. The highest BCUT2D eigenvalue weighted by molar-refractivity contribution is 5.85. The third-order valence-corrected chi connectivity index (χ3v) is 2.22. The number of rotatable bonds is 4. The van der Waals surface area contributed by atoms with Crippen molar-refractivity contribution in [1.29, 1.82) is 0 Å². The van der Waals surface area contributed by atoms with Crippen molar-refractivity contribution < 1.29 is 32.9 Å². The van der Waals surface area contributed by atoms with Crippen molar-refractivity contribution in [2.75, 3.05) is 0 Å². The van der Waals surface area contributed by atoms with Crippen molar-refractivity contribution >= 4 is 23.4 Å². The van der Waals surface area contributed by atoms with Crippen LogP contribution in [0.25, 0.3) is 6.08 Å². The standard InChI is InChI=1S/C10H5F3N2O6/c11-10(12,13)6-3-5(1-2-8(16)17)4-7(14(18)19)9(6)15(20)21/h1-4H,(H,16,17)/b2-1+. The first-order chi connectivity index (χ1) is 9.54. The molecule has 0 saturated carbocycles. The van der Waals surface area contributed by atoms with Gasteiger partial charge in [-0.15, -0.1) is 0 Å². The van der Waals surface area contributed by atoms with E-state index < -0.39 is 44.5 Å². The van der Waals surface area contributed by atoms with Crippen LogP contribution in [0.4, 0.5) is 24.5 Å². The van der Waals surface area contributed by atoms with E-state index in [0.29, 0.717) is 18.2 Å². The number of nitrogens with zero attached hydrogens (tertiary/aromatic N) is 2. The van der Waals surface area contributed by atoms with Gasteiger partial charge in [-0.1, -0.05) is 0 Å². The predicted octanol–water partition coefficient (Wildman–Crippen LogP) is 2.62. The summed E-state index contributed by atoms with van der Waals surface area (Å²) in [7, 11) is 0. The third-order valence-electron chi connectivity index (χ3n) is 2.22. The highest BCUT2D eigenvalue weighted by Crippen LogP contribution is 2.42. The maximum absolute atomic E-state index is 12.8. The third kappa shape index (κ3) is 3.75. The monoisotopic (exact) mass is 306 g/mol. The van der Waals surface area contributed by atoms with E-state index in [0.717, 1.165) is 0 Å². The fourth-order valence-corrected chi connectivity index (χ4v) is 1.45. The molecule has 0 bridgehead atoms. The van der Waals surface area contributed by atoms with Gasteiger partial charge >= 0.3 is 23.5 Å². The summed E-state index contributed by atoms with van der Waals surface area (Å²) in [6.45, 7) is 0. The lowest BCUT2D eigenvalue weighted by Crippen LogP contribution is -2.11. The summed E-state index contributed by atoms with van der Waals surface area (Å²) in [5.74, 6) is -1.50. The van der Waals surface area contributed by atoms with E-state index in [1.54, 1.807) is 0 Å². The first-order valence-corrected chi connectivity index (χ1v) is 4.99. The Morgan fingerprint density at radius 2 is 1.76 bits per heavy atom. The van der Waals surface area contributed by atoms with Crippen LogP contribution in [0, 0.1) is 20.2 Å². The molecule has 0 atom stereocenters. The Balaban J connectivity index is 3.69. The van der Waals surface area contributed by atoms with Gasteiger partial charge in [-0.3, -0.25) is 20.2 Å². The van der Waals surface area contributed by atoms with Crippen LogP contribution in [0.2, 0.25) is 0 Å². The Hall–Kier alpha value is -2.98. The van der Waals surface area contributed by atoms with Crippen LogP contribution in [-0.4, -0.2) is 20.9 Å². The lowest BCUT2D eigenvalue weighted by atomic mass is 10.1. The maximum atomic E-state index is 12.8. The van der Waals surface area contributed by atoms with Gasteiger partial charge in [0.2, 0.25) is 0 Å². The van der Waals surface area contributed by atoms with Crippen LogP contribution in [0.3, 0.4) is 0 Å². The van der Waals surface area contributed by atoms with Crippen molar-refractivity contribution in [3.05, 3.63) is 49.6 Å². The number of carboxylic acid groups (broad SMARTS) is 1. The lowest BCUT2D eigenvalue weighted by molar-refractivity contribution is -0.424. The zero-order valence-electron chi connectivity index (χ0n) is 9.83. The number of aliphatic carboxylic acids is 1. The summed E-state index contributed by atoms with van der Waals surface area (Å²) in [5.41, 5.74) is -5.39. The minimum atomic E-state index is -5.21. The molecule has 0 unspecified atom stereocenters. The highest BCUT2D eigenvalue weighted by Gasteiger charge is 2.43. The minimum absolute atomic E-state index is 0.268. The number of carboxylic acids is 1. The van der Waals surface area contributed by atoms with Gasteiger partial charge in [-0.25, -0.2) is 4.79 Å². The summed E-state index contributed by atoms with van der Waals surface area (Å²) in [6.07, 6.45) is -4.10. The van der Waals surface area contributed by atoms with E-state index in [9.17, 15) is 38.2 Å². The summed E-state index contributed by atoms with van der Waals surface area (Å²) >= 11 is 0. The van der Waals surface area contributed by atoms with Crippen LogP contribution in [0.5, 0.6) is 0 Å². The number of alkyl halides is 3. The topological polar surface area (TPSA) is 124 Å². The van der Waals surface area contributed by atoms with Gasteiger partial charge in [0, 0.05) is 12.1 Å². The number of nitro groups is 2. The first kappa shape index (κ1) is 16.1. The highest BCUT2D eigenvalue weighted by atomic mass is 19.4. The molecular formula is C10H5F3N2O6. The molecule has 0 heterocycles. The van der Waals surface area contributed by atoms with Gasteiger partial charge in [0.15, 0.2) is 0 Å². The summed E-state index contributed by atoms with van der Waals surface area (Å²) in [5, 5.41) is 29.7. The van der Waals surface area contributed by atoms with Crippen LogP contribution < -0.4 is 0 Å². The molecule has 0 fully saturated rings. The molecule has 11 heteroatoms. The fraction of sp³-hybridized carbons (Fsp3) is 0.100. The normalized spacial score (nSPS) is 11.6. The molecule has 1 N–H and O–H groups in total. The second-order valence-electron chi connectivity index (χ2n) is 3.62. The lowest BCUT2D eigenvalue weighted by Gasteiger charge is -2.08. The van der Waals surface area contributed by atoms with Crippen LogP contribution in [0.15, 0.2) is 18.2 Å². The molecule has 0 amide bonds. The molecule has 112 valence electrons. The van der Waals surface area contributed by atoms with Gasteiger partial charge in [-0.2, -0.15) is 13.2 Å². The van der Waals surface area contributed by atoms with E-state index in [-0.39, 0.29) is 6.07 Å². The van der Waals surface area contributed by atoms with E-state index in [4.69, 9.17) is 5.11 Å². The van der Waals surface area contributed by atoms with Crippen molar-refractivity contribution in [2.24, 2.45) is 0 Å². The van der Waals surface area contributed by atoms with Crippen LogP contribution in [-0.2, 0) is 11.0 Å². The zero-order valence-corrected chi connectivity index (χ0v) is 9.83. The molecule has 1 aromatic rings. The molecule has 0 aromatic heterocycles. The SMILES string of the molecule is O=C(O)/C=C/c1cc([N+](=O)[O-])c([N+](=O)[O-])c(C(F)(F)F)c1. The zero-order chi connectivity index (χ0) is 16.4. The fourth-order valence-electron chi connectivity index (χ4n) is 1.45. The molecule has 1 rings (SSSR count). The second-order valence-corrected chi connectivity index (χ2v) is 3.62. The molecule has 0 aliphatic rings. The van der Waals surface area contributed by atoms with Gasteiger partial charge in [0.1, 0.15) is 5.56 Å². The average Bonchev–Trinajstić information content (AvgIpc) is 2.33. The summed E-state index contributed by atoms with van der Waals surface area (Å²) in [4.78, 5) is 28.8. The number of nitro benzene ring substituents is 2. The molecule has 0 radical (unpaired) electrons. The van der Waals surface area contributed by atoms with E-state index >= 15 is 0 Å². The van der Waals surface area contributed by atoms with Gasteiger partial charge in [-0.05, 0) is 17.7 Å². The van der Waals surface area contributed by atoms with E-state index in [1.807, 2.05) is 0 Å². The molecule has 21 heavy (non-hydrogen) atoms. The maximum Gasteiger partial charge on any atom is 0.423 e. The largest absolute Gasteiger partial charge is 0.478 e. The summed E-state index contributed by atoms with van der Waals surface area (Å²) in [6, 6.07) is 0.761. The number of benzene rings is 1. The van der Waals surface area contributed by atoms with Crippen LogP contribution >= 0.6 is 0 Å². The average molecular weight is 306 g/mol. The van der Waals surface area contributed by atoms with Crippen molar-refractivity contribution in [3.63, 3.8) is 0 Å². The molecule has 1 aromatic carbocycles. The van der Waals surface area contributed by atoms with Crippen molar-refractivity contribution in [2.45, 2.75) is 6.18 Å².